The van der Waals surface area contributed by atoms with E-state index in [1.165, 1.54) is 22.6 Å². The van der Waals surface area contributed by atoms with Gasteiger partial charge in [-0.3, -0.25) is 9.69 Å². The van der Waals surface area contributed by atoms with Gasteiger partial charge in [-0.25, -0.2) is 0 Å². The first-order chi connectivity index (χ1) is 11.6. The molecule has 128 valence electrons. The molecule has 0 saturated carbocycles. The predicted octanol–water partition coefficient (Wildman–Crippen LogP) is 3.16. The molecule has 0 aliphatic carbocycles. The van der Waals surface area contributed by atoms with Crippen LogP contribution in [-0.2, 0) is 6.54 Å². The van der Waals surface area contributed by atoms with Crippen molar-refractivity contribution >= 4 is 22.9 Å². The third-order valence-electron chi connectivity index (χ3n) is 4.48. The number of hydrogen-bond acceptors (Lipinski definition) is 4. The van der Waals surface area contributed by atoms with E-state index in [9.17, 15) is 4.79 Å². The lowest BCUT2D eigenvalue weighted by molar-refractivity contribution is 0.0766. The zero-order chi connectivity index (χ0) is 16.9. The molecule has 0 atom stereocenters. The van der Waals surface area contributed by atoms with Crippen LogP contribution in [0.2, 0.25) is 0 Å². The van der Waals surface area contributed by atoms with Gasteiger partial charge in [0.25, 0.3) is 5.91 Å². The quantitative estimate of drug-likeness (QED) is 0.853. The van der Waals surface area contributed by atoms with Crippen molar-refractivity contribution in [1.82, 2.24) is 9.80 Å². The second-order valence-electron chi connectivity index (χ2n) is 6.42. The summed E-state index contributed by atoms with van der Waals surface area (Å²) < 4.78 is 0. The molecular weight excluding hydrogens is 318 g/mol. The number of para-hydroxylation sites is 1. The van der Waals surface area contributed by atoms with Crippen LogP contribution < -0.4 is 4.90 Å². The lowest BCUT2D eigenvalue weighted by Gasteiger charge is -2.24. The SMILES string of the molecule is CN(C)c1ccccc1CN1CCCN(C(=O)c2cccs2)CC1. The Balaban J connectivity index is 1.63. The van der Waals surface area contributed by atoms with E-state index in [-0.39, 0.29) is 5.91 Å². The van der Waals surface area contributed by atoms with E-state index in [4.69, 9.17) is 0 Å². The Kier molecular flexibility index (Phi) is 5.53. The normalized spacial score (nSPS) is 16.0. The highest BCUT2D eigenvalue weighted by molar-refractivity contribution is 7.12. The number of amides is 1. The standard InChI is InChI=1S/C19H25N3OS/c1-20(2)17-8-4-3-7-16(17)15-21-10-6-11-22(13-12-21)19(23)18-9-5-14-24-18/h3-5,7-9,14H,6,10-13,15H2,1-2H3. The number of carbonyl (C=O) groups excluding carboxylic acids is 1. The van der Waals surface area contributed by atoms with E-state index in [0.717, 1.165) is 44.0 Å². The van der Waals surface area contributed by atoms with Gasteiger partial charge in [0.15, 0.2) is 0 Å². The minimum Gasteiger partial charge on any atom is -0.377 e. The molecule has 4 nitrogen and oxygen atoms in total. The van der Waals surface area contributed by atoms with Gasteiger partial charge < -0.3 is 9.80 Å². The van der Waals surface area contributed by atoms with Gasteiger partial charge in [-0.05, 0) is 29.5 Å². The van der Waals surface area contributed by atoms with Crippen LogP contribution in [0, 0.1) is 0 Å². The van der Waals surface area contributed by atoms with Gasteiger partial charge in [0.2, 0.25) is 0 Å². The van der Waals surface area contributed by atoms with Crippen molar-refractivity contribution in [1.29, 1.82) is 0 Å². The van der Waals surface area contributed by atoms with E-state index in [0.29, 0.717) is 0 Å². The molecule has 1 amide bonds. The Morgan fingerprint density at radius 2 is 1.92 bits per heavy atom. The highest BCUT2D eigenvalue weighted by Crippen LogP contribution is 2.21. The zero-order valence-corrected chi connectivity index (χ0v) is 15.3. The van der Waals surface area contributed by atoms with Crippen molar-refractivity contribution in [3.05, 3.63) is 52.2 Å². The Morgan fingerprint density at radius 3 is 2.67 bits per heavy atom. The van der Waals surface area contributed by atoms with Crippen molar-refractivity contribution < 1.29 is 4.79 Å². The second-order valence-corrected chi connectivity index (χ2v) is 7.37. The molecule has 24 heavy (non-hydrogen) atoms. The van der Waals surface area contributed by atoms with Gasteiger partial charge in [-0.1, -0.05) is 24.3 Å². The predicted molar refractivity (Wildman–Crippen MR) is 101 cm³/mol. The summed E-state index contributed by atoms with van der Waals surface area (Å²) in [6.45, 7) is 4.56. The molecule has 1 aromatic heterocycles. The van der Waals surface area contributed by atoms with Gasteiger partial charge >= 0.3 is 0 Å². The highest BCUT2D eigenvalue weighted by Gasteiger charge is 2.21. The fourth-order valence-electron chi connectivity index (χ4n) is 3.21. The maximum absolute atomic E-state index is 12.5. The first-order valence-electron chi connectivity index (χ1n) is 8.45. The number of carbonyl (C=O) groups is 1. The van der Waals surface area contributed by atoms with Crippen LogP contribution >= 0.6 is 11.3 Å². The molecule has 0 spiro atoms. The monoisotopic (exact) mass is 343 g/mol. The van der Waals surface area contributed by atoms with Gasteiger partial charge in [0.05, 0.1) is 4.88 Å². The number of thiophene rings is 1. The van der Waals surface area contributed by atoms with Crippen molar-refractivity contribution in [2.24, 2.45) is 0 Å². The molecule has 1 aliphatic rings. The topological polar surface area (TPSA) is 26.8 Å². The van der Waals surface area contributed by atoms with Crippen LogP contribution in [0.25, 0.3) is 0 Å². The second kappa shape index (κ2) is 7.81. The van der Waals surface area contributed by atoms with Crippen molar-refractivity contribution in [2.45, 2.75) is 13.0 Å². The van der Waals surface area contributed by atoms with Crippen molar-refractivity contribution in [3.8, 4) is 0 Å². The van der Waals surface area contributed by atoms with Crippen LogP contribution in [-0.4, -0.2) is 56.0 Å². The average molecular weight is 343 g/mol. The van der Waals surface area contributed by atoms with Crippen LogP contribution in [0.1, 0.15) is 21.7 Å². The van der Waals surface area contributed by atoms with E-state index in [1.54, 1.807) is 0 Å². The summed E-state index contributed by atoms with van der Waals surface area (Å²) >= 11 is 1.53. The van der Waals surface area contributed by atoms with Crippen molar-refractivity contribution in [2.75, 3.05) is 45.2 Å². The number of hydrogen-bond donors (Lipinski definition) is 0. The number of rotatable bonds is 4. The Hall–Kier alpha value is -1.85. The Morgan fingerprint density at radius 1 is 1.08 bits per heavy atom. The summed E-state index contributed by atoms with van der Waals surface area (Å²) in [7, 11) is 4.17. The Bertz CT molecular complexity index is 669. The number of anilines is 1. The van der Waals surface area contributed by atoms with E-state index >= 15 is 0 Å². The molecular formula is C19H25N3OS. The van der Waals surface area contributed by atoms with Crippen LogP contribution in [0.3, 0.4) is 0 Å². The molecule has 0 N–H and O–H groups in total. The molecule has 0 bridgehead atoms. The zero-order valence-electron chi connectivity index (χ0n) is 14.4. The molecule has 3 rings (SSSR count). The molecule has 2 heterocycles. The highest BCUT2D eigenvalue weighted by atomic mass is 32.1. The summed E-state index contributed by atoms with van der Waals surface area (Å²) in [4.78, 5) is 20.0. The molecule has 1 aliphatic heterocycles. The largest absolute Gasteiger partial charge is 0.377 e. The summed E-state index contributed by atoms with van der Waals surface area (Å²) in [6, 6.07) is 12.4. The molecule has 1 saturated heterocycles. The molecule has 5 heteroatoms. The molecule has 0 radical (unpaired) electrons. The first-order valence-corrected chi connectivity index (χ1v) is 9.33. The lowest BCUT2D eigenvalue weighted by atomic mass is 10.1. The molecule has 2 aromatic rings. The van der Waals surface area contributed by atoms with Gasteiger partial charge in [-0.2, -0.15) is 0 Å². The van der Waals surface area contributed by atoms with E-state index < -0.39 is 0 Å². The number of benzene rings is 1. The molecule has 0 unspecified atom stereocenters. The van der Waals surface area contributed by atoms with Crippen LogP contribution in [0.15, 0.2) is 41.8 Å². The maximum atomic E-state index is 12.5. The Labute approximate surface area is 148 Å². The fraction of sp³-hybridized carbons (Fsp3) is 0.421. The minimum absolute atomic E-state index is 0.181. The van der Waals surface area contributed by atoms with Gasteiger partial charge in [0.1, 0.15) is 0 Å². The fourth-order valence-corrected chi connectivity index (χ4v) is 3.90. The summed E-state index contributed by atoms with van der Waals surface area (Å²) in [5.74, 6) is 0.181. The third-order valence-corrected chi connectivity index (χ3v) is 5.33. The third kappa shape index (κ3) is 3.97. The van der Waals surface area contributed by atoms with E-state index in [2.05, 4.69) is 48.2 Å². The van der Waals surface area contributed by atoms with Crippen LogP contribution in [0.4, 0.5) is 5.69 Å². The maximum Gasteiger partial charge on any atom is 0.263 e. The molecule has 1 aromatic carbocycles. The smallest absolute Gasteiger partial charge is 0.263 e. The van der Waals surface area contributed by atoms with Crippen LogP contribution in [0.5, 0.6) is 0 Å². The lowest BCUT2D eigenvalue weighted by Crippen LogP contribution is -2.34. The minimum atomic E-state index is 0.181. The average Bonchev–Trinajstić information content (AvgIpc) is 3.02. The number of nitrogens with zero attached hydrogens (tertiary/aromatic N) is 3. The van der Waals surface area contributed by atoms with Gasteiger partial charge in [-0.15, -0.1) is 11.3 Å². The molecule has 1 fully saturated rings. The summed E-state index contributed by atoms with van der Waals surface area (Å²) in [5, 5.41) is 1.97. The first kappa shape index (κ1) is 17.0. The summed E-state index contributed by atoms with van der Waals surface area (Å²) in [5.41, 5.74) is 2.62. The van der Waals surface area contributed by atoms with Gasteiger partial charge in [0, 0.05) is 52.5 Å². The summed E-state index contributed by atoms with van der Waals surface area (Å²) in [6.07, 6.45) is 1.03. The van der Waals surface area contributed by atoms with E-state index in [1.807, 2.05) is 22.4 Å². The van der Waals surface area contributed by atoms with Crippen molar-refractivity contribution in [3.63, 3.8) is 0 Å².